The Bertz CT molecular complexity index is 230. The molecule has 0 radical (unpaired) electrons. The average molecular weight is 226 g/mol. The summed E-state index contributed by atoms with van der Waals surface area (Å²) in [7, 11) is 0. The lowest BCUT2D eigenvalue weighted by molar-refractivity contribution is 0.0547. The molecule has 3 N–H and O–H groups in total. The van der Waals surface area contributed by atoms with Gasteiger partial charge >= 0.3 is 0 Å². The second-order valence-electron chi connectivity index (χ2n) is 5.92. The smallest absolute Gasteiger partial charge is 0.0758 e. The molecule has 0 bridgehead atoms. The van der Waals surface area contributed by atoms with Gasteiger partial charge in [0.05, 0.1) is 5.60 Å². The van der Waals surface area contributed by atoms with Crippen molar-refractivity contribution in [1.82, 2.24) is 4.90 Å². The van der Waals surface area contributed by atoms with Gasteiger partial charge in [0.1, 0.15) is 0 Å². The molecule has 1 saturated carbocycles. The van der Waals surface area contributed by atoms with Gasteiger partial charge in [0.15, 0.2) is 0 Å². The maximum atomic E-state index is 10.1. The highest BCUT2D eigenvalue weighted by atomic mass is 16.3. The maximum Gasteiger partial charge on any atom is 0.0758 e. The lowest BCUT2D eigenvalue weighted by Gasteiger charge is -2.33. The Hall–Kier alpha value is -0.120. The number of nitrogens with two attached hydrogens (primary N) is 1. The summed E-state index contributed by atoms with van der Waals surface area (Å²) < 4.78 is 0. The summed E-state index contributed by atoms with van der Waals surface area (Å²) in [5.41, 5.74) is 5.44. The highest BCUT2D eigenvalue weighted by molar-refractivity contribution is 4.92. The quantitative estimate of drug-likeness (QED) is 0.699. The van der Waals surface area contributed by atoms with Crippen molar-refractivity contribution in [3.63, 3.8) is 0 Å². The molecule has 0 amide bonds. The van der Waals surface area contributed by atoms with Gasteiger partial charge in [0.2, 0.25) is 0 Å². The van der Waals surface area contributed by atoms with Crippen LogP contribution in [0.4, 0.5) is 0 Å². The maximum absolute atomic E-state index is 10.1. The lowest BCUT2D eigenvalue weighted by atomic mass is 9.93. The molecule has 3 heteroatoms. The van der Waals surface area contributed by atoms with Crippen molar-refractivity contribution in [2.75, 3.05) is 19.6 Å². The van der Waals surface area contributed by atoms with E-state index in [1.807, 2.05) is 6.92 Å². The number of hydrogen-bond donors (Lipinski definition) is 2. The summed E-state index contributed by atoms with van der Waals surface area (Å²) in [6.07, 6.45) is 7.50. The van der Waals surface area contributed by atoms with Crippen LogP contribution in [0.3, 0.4) is 0 Å². The van der Waals surface area contributed by atoms with Gasteiger partial charge < -0.3 is 10.8 Å². The van der Waals surface area contributed by atoms with E-state index in [0.717, 1.165) is 26.1 Å². The molecule has 1 heterocycles. The second-order valence-corrected chi connectivity index (χ2v) is 5.92. The van der Waals surface area contributed by atoms with Crippen LogP contribution in [0.2, 0.25) is 0 Å². The van der Waals surface area contributed by atoms with E-state index in [1.54, 1.807) is 0 Å². The predicted octanol–water partition coefficient (Wildman–Crippen LogP) is 1.35. The van der Waals surface area contributed by atoms with Gasteiger partial charge in [0.25, 0.3) is 0 Å². The van der Waals surface area contributed by atoms with E-state index in [2.05, 4.69) is 4.90 Å². The fraction of sp³-hybridized carbons (Fsp3) is 1.00. The third-order valence-corrected chi connectivity index (χ3v) is 4.37. The second kappa shape index (κ2) is 5.03. The predicted molar refractivity (Wildman–Crippen MR) is 66.2 cm³/mol. The summed E-state index contributed by atoms with van der Waals surface area (Å²) >= 11 is 0. The molecular weight excluding hydrogens is 200 g/mol. The topological polar surface area (TPSA) is 49.5 Å². The first-order valence-electron chi connectivity index (χ1n) is 6.79. The van der Waals surface area contributed by atoms with E-state index in [4.69, 9.17) is 5.73 Å². The molecule has 1 aliphatic heterocycles. The Morgan fingerprint density at radius 3 is 2.69 bits per heavy atom. The van der Waals surface area contributed by atoms with Crippen molar-refractivity contribution in [3.8, 4) is 0 Å². The van der Waals surface area contributed by atoms with Crippen LogP contribution in [0, 0.1) is 5.92 Å². The molecule has 3 atom stereocenters. The minimum Gasteiger partial charge on any atom is -0.389 e. The minimum absolute atomic E-state index is 0.467. The van der Waals surface area contributed by atoms with E-state index >= 15 is 0 Å². The number of hydrogen-bond acceptors (Lipinski definition) is 3. The van der Waals surface area contributed by atoms with Gasteiger partial charge in [-0.1, -0.05) is 19.3 Å². The van der Waals surface area contributed by atoms with E-state index in [9.17, 15) is 5.11 Å². The van der Waals surface area contributed by atoms with Crippen LogP contribution in [0.1, 0.15) is 45.4 Å². The molecule has 94 valence electrons. The zero-order valence-corrected chi connectivity index (χ0v) is 10.5. The Labute approximate surface area is 99.0 Å². The molecule has 0 aromatic heterocycles. The standard InChI is InChI=1S/C13H26N2O/c1-13(16)7-8-15(10-13)12-6-4-2-3-5-11(12)9-14/h11-12,16H,2-10,14H2,1H3. The first kappa shape index (κ1) is 12.3. The largest absolute Gasteiger partial charge is 0.389 e. The number of β-amino-alcohol motifs (C(OH)–C–C–N with tert-alkyl or cyclic N) is 1. The third kappa shape index (κ3) is 2.76. The van der Waals surface area contributed by atoms with E-state index in [0.29, 0.717) is 12.0 Å². The highest BCUT2D eigenvalue weighted by Crippen LogP contribution is 2.31. The van der Waals surface area contributed by atoms with Crippen molar-refractivity contribution in [3.05, 3.63) is 0 Å². The first-order valence-corrected chi connectivity index (χ1v) is 6.79. The lowest BCUT2D eigenvalue weighted by Crippen LogP contribution is -2.43. The van der Waals surface area contributed by atoms with E-state index in [-0.39, 0.29) is 0 Å². The molecule has 2 aliphatic rings. The van der Waals surface area contributed by atoms with E-state index < -0.39 is 5.60 Å². The Morgan fingerprint density at radius 2 is 2.06 bits per heavy atom. The molecule has 2 rings (SSSR count). The van der Waals surface area contributed by atoms with Crippen LogP contribution in [0.15, 0.2) is 0 Å². The number of nitrogens with zero attached hydrogens (tertiary/aromatic N) is 1. The fourth-order valence-corrected chi connectivity index (χ4v) is 3.38. The van der Waals surface area contributed by atoms with E-state index in [1.165, 1.54) is 32.1 Å². The Morgan fingerprint density at radius 1 is 1.31 bits per heavy atom. The summed E-state index contributed by atoms with van der Waals surface area (Å²) in [4.78, 5) is 2.49. The van der Waals surface area contributed by atoms with Gasteiger partial charge in [-0.3, -0.25) is 4.90 Å². The van der Waals surface area contributed by atoms with Gasteiger partial charge in [-0.2, -0.15) is 0 Å². The summed E-state index contributed by atoms with van der Waals surface area (Å²) in [5, 5.41) is 10.1. The Kier molecular flexibility index (Phi) is 3.88. The highest BCUT2D eigenvalue weighted by Gasteiger charge is 2.37. The van der Waals surface area contributed by atoms with Crippen molar-refractivity contribution in [2.24, 2.45) is 11.7 Å². The molecule has 1 aliphatic carbocycles. The van der Waals surface area contributed by atoms with Crippen LogP contribution < -0.4 is 5.73 Å². The SMILES string of the molecule is CC1(O)CCN(C2CCCCCC2CN)C1. The van der Waals surface area contributed by atoms with Crippen molar-refractivity contribution >= 4 is 0 Å². The third-order valence-electron chi connectivity index (χ3n) is 4.37. The summed E-state index contributed by atoms with van der Waals surface area (Å²) in [6, 6.07) is 0.626. The fourth-order valence-electron chi connectivity index (χ4n) is 3.38. The number of aliphatic hydroxyl groups is 1. The molecule has 2 fully saturated rings. The molecule has 3 nitrogen and oxygen atoms in total. The van der Waals surface area contributed by atoms with Gasteiger partial charge in [0, 0.05) is 19.1 Å². The molecule has 0 aromatic carbocycles. The van der Waals surface area contributed by atoms with Crippen LogP contribution in [0.25, 0.3) is 0 Å². The molecule has 3 unspecified atom stereocenters. The minimum atomic E-state index is -0.467. The number of rotatable bonds is 2. The molecule has 1 saturated heterocycles. The zero-order valence-electron chi connectivity index (χ0n) is 10.5. The molecule has 16 heavy (non-hydrogen) atoms. The van der Waals surface area contributed by atoms with Crippen molar-refractivity contribution < 1.29 is 5.11 Å². The van der Waals surface area contributed by atoms with Gasteiger partial charge in [-0.05, 0) is 38.6 Å². The van der Waals surface area contributed by atoms with Gasteiger partial charge in [-0.15, -0.1) is 0 Å². The van der Waals surface area contributed by atoms with Crippen LogP contribution >= 0.6 is 0 Å². The van der Waals surface area contributed by atoms with Crippen molar-refractivity contribution in [1.29, 1.82) is 0 Å². The van der Waals surface area contributed by atoms with Crippen molar-refractivity contribution in [2.45, 2.75) is 57.1 Å². The van der Waals surface area contributed by atoms with Crippen LogP contribution in [-0.4, -0.2) is 41.3 Å². The average Bonchev–Trinajstić information content (AvgIpc) is 2.50. The molecule has 0 aromatic rings. The zero-order chi connectivity index (χ0) is 11.6. The summed E-state index contributed by atoms with van der Waals surface area (Å²) in [5.74, 6) is 0.649. The molecule has 0 spiro atoms. The Balaban J connectivity index is 2.00. The number of likely N-dealkylation sites (tertiary alicyclic amines) is 1. The summed E-state index contributed by atoms with van der Waals surface area (Å²) in [6.45, 7) is 4.66. The van der Waals surface area contributed by atoms with Crippen LogP contribution in [-0.2, 0) is 0 Å². The monoisotopic (exact) mass is 226 g/mol. The van der Waals surface area contributed by atoms with Gasteiger partial charge in [-0.25, -0.2) is 0 Å². The van der Waals surface area contributed by atoms with Crippen LogP contribution in [0.5, 0.6) is 0 Å². The normalized spacial score (nSPS) is 42.2. The first-order chi connectivity index (χ1) is 7.62. The molecular formula is C13H26N2O.